The lowest BCUT2D eigenvalue weighted by Gasteiger charge is -2.33. The Bertz CT molecular complexity index is 1070. The van der Waals surface area contributed by atoms with Crippen molar-refractivity contribution in [2.75, 3.05) is 31.6 Å². The molecule has 2 aliphatic rings. The van der Waals surface area contributed by atoms with E-state index in [0.717, 1.165) is 30.5 Å². The van der Waals surface area contributed by atoms with E-state index >= 15 is 0 Å². The Balaban J connectivity index is 1.40. The molecule has 0 saturated carbocycles. The largest absolute Gasteiger partial charge is 0.486 e. The van der Waals surface area contributed by atoms with Crippen LogP contribution in [0.25, 0.3) is 10.9 Å². The van der Waals surface area contributed by atoms with Crippen LogP contribution in [0.2, 0.25) is 0 Å². The first-order valence-electron chi connectivity index (χ1n) is 10.5. The van der Waals surface area contributed by atoms with Gasteiger partial charge in [0.05, 0.1) is 11.2 Å². The number of halogens is 1. The van der Waals surface area contributed by atoms with Crippen molar-refractivity contribution in [3.63, 3.8) is 0 Å². The van der Waals surface area contributed by atoms with Gasteiger partial charge in [-0.3, -0.25) is 4.90 Å². The van der Waals surface area contributed by atoms with E-state index in [-0.39, 0.29) is 11.9 Å². The average molecular weight is 408 g/mol. The minimum atomic E-state index is -0.289. The van der Waals surface area contributed by atoms with E-state index in [1.165, 1.54) is 25.6 Å². The van der Waals surface area contributed by atoms with Crippen LogP contribution >= 0.6 is 0 Å². The van der Waals surface area contributed by atoms with E-state index < -0.39 is 0 Å². The van der Waals surface area contributed by atoms with Gasteiger partial charge in [-0.1, -0.05) is 18.6 Å². The predicted octanol–water partition coefficient (Wildman–Crippen LogP) is 4.45. The van der Waals surface area contributed by atoms with E-state index in [0.29, 0.717) is 35.2 Å². The van der Waals surface area contributed by atoms with E-state index in [2.05, 4.69) is 20.2 Å². The Morgan fingerprint density at radius 1 is 1.13 bits per heavy atom. The molecule has 1 aromatic heterocycles. The molecule has 156 valence electrons. The number of aromatic nitrogens is 2. The van der Waals surface area contributed by atoms with Gasteiger partial charge in [0.25, 0.3) is 0 Å². The highest BCUT2D eigenvalue weighted by molar-refractivity contribution is 5.93. The van der Waals surface area contributed by atoms with Crippen molar-refractivity contribution in [1.29, 1.82) is 0 Å². The van der Waals surface area contributed by atoms with Gasteiger partial charge in [0.1, 0.15) is 30.7 Å². The first-order valence-corrected chi connectivity index (χ1v) is 10.5. The molecule has 7 heteroatoms. The van der Waals surface area contributed by atoms with Crippen LogP contribution in [0, 0.1) is 12.7 Å². The van der Waals surface area contributed by atoms with E-state index in [9.17, 15) is 4.39 Å². The molecule has 6 nitrogen and oxygen atoms in total. The highest BCUT2D eigenvalue weighted by Gasteiger charge is 2.25. The number of ether oxygens (including phenoxy) is 2. The number of benzene rings is 2. The van der Waals surface area contributed by atoms with Crippen molar-refractivity contribution < 1.29 is 13.9 Å². The predicted molar refractivity (Wildman–Crippen MR) is 114 cm³/mol. The third kappa shape index (κ3) is 3.77. The van der Waals surface area contributed by atoms with Crippen LogP contribution in [0.15, 0.2) is 36.7 Å². The Kier molecular flexibility index (Phi) is 5.12. The number of nitrogens with zero attached hydrogens (tertiary/aromatic N) is 3. The molecule has 1 N–H and O–H groups in total. The minimum Gasteiger partial charge on any atom is -0.486 e. The maximum atomic E-state index is 14.4. The van der Waals surface area contributed by atoms with Crippen LogP contribution in [0.5, 0.6) is 11.5 Å². The first kappa shape index (κ1) is 19.1. The molecule has 0 spiro atoms. The van der Waals surface area contributed by atoms with Gasteiger partial charge in [-0.05, 0) is 50.6 Å². The lowest BCUT2D eigenvalue weighted by Crippen LogP contribution is -2.42. The third-order valence-electron chi connectivity index (χ3n) is 5.77. The second kappa shape index (κ2) is 8.07. The molecular weight excluding hydrogens is 383 g/mol. The van der Waals surface area contributed by atoms with Gasteiger partial charge in [-0.15, -0.1) is 0 Å². The molecule has 2 aliphatic heterocycles. The summed E-state index contributed by atoms with van der Waals surface area (Å²) in [6.07, 6.45) is 5.30. The molecular formula is C23H25FN4O2. The number of rotatable bonds is 4. The maximum Gasteiger partial charge on any atom is 0.164 e. The lowest BCUT2D eigenvalue weighted by molar-refractivity contribution is 0.0535. The molecule has 0 bridgehead atoms. The van der Waals surface area contributed by atoms with Crippen molar-refractivity contribution >= 4 is 22.4 Å². The monoisotopic (exact) mass is 408 g/mol. The summed E-state index contributed by atoms with van der Waals surface area (Å²) in [6.45, 7) is 5.38. The number of hydrogen-bond acceptors (Lipinski definition) is 6. The summed E-state index contributed by atoms with van der Waals surface area (Å²) in [5, 5.41) is 3.86. The molecule has 1 atom stereocenters. The van der Waals surface area contributed by atoms with Crippen LogP contribution in [0.1, 0.15) is 24.8 Å². The zero-order valence-electron chi connectivity index (χ0n) is 17.0. The summed E-state index contributed by atoms with van der Waals surface area (Å²) in [7, 11) is 0. The Morgan fingerprint density at radius 3 is 2.87 bits per heavy atom. The van der Waals surface area contributed by atoms with Gasteiger partial charge in [0, 0.05) is 18.0 Å². The number of nitrogens with one attached hydrogen (secondary N) is 1. The summed E-state index contributed by atoms with van der Waals surface area (Å²) in [5.41, 5.74) is 1.68. The van der Waals surface area contributed by atoms with Crippen molar-refractivity contribution in [3.8, 4) is 11.5 Å². The summed E-state index contributed by atoms with van der Waals surface area (Å²) >= 11 is 0. The van der Waals surface area contributed by atoms with E-state index in [1.807, 2.05) is 18.2 Å². The van der Waals surface area contributed by atoms with Crippen molar-refractivity contribution in [2.45, 2.75) is 32.3 Å². The summed E-state index contributed by atoms with van der Waals surface area (Å²) in [6, 6.07) is 9.00. The molecule has 1 fully saturated rings. The molecule has 1 saturated heterocycles. The quantitative estimate of drug-likeness (QED) is 0.688. The van der Waals surface area contributed by atoms with Crippen molar-refractivity contribution in [1.82, 2.24) is 14.9 Å². The van der Waals surface area contributed by atoms with Gasteiger partial charge in [-0.2, -0.15) is 0 Å². The number of likely N-dealkylation sites (tertiary alicyclic amines) is 1. The zero-order valence-corrected chi connectivity index (χ0v) is 17.0. The smallest absolute Gasteiger partial charge is 0.164 e. The van der Waals surface area contributed by atoms with Gasteiger partial charge in [0.2, 0.25) is 0 Å². The number of hydrogen-bond donors (Lipinski definition) is 1. The Hall–Kier alpha value is -2.93. The average Bonchev–Trinajstić information content (AvgIpc) is 2.76. The Morgan fingerprint density at radius 2 is 2.00 bits per heavy atom. The molecule has 2 aromatic carbocycles. The van der Waals surface area contributed by atoms with E-state index in [4.69, 9.17) is 9.47 Å². The van der Waals surface area contributed by atoms with Crippen LogP contribution in [0.4, 0.5) is 15.9 Å². The van der Waals surface area contributed by atoms with Gasteiger partial charge in [-0.25, -0.2) is 14.4 Å². The van der Waals surface area contributed by atoms with Gasteiger partial charge >= 0.3 is 0 Å². The summed E-state index contributed by atoms with van der Waals surface area (Å²) < 4.78 is 26.7. The third-order valence-corrected chi connectivity index (χ3v) is 5.77. The molecule has 5 rings (SSSR count). The number of aryl methyl sites for hydroxylation is 1. The van der Waals surface area contributed by atoms with Gasteiger partial charge < -0.3 is 14.8 Å². The summed E-state index contributed by atoms with van der Waals surface area (Å²) in [4.78, 5) is 11.2. The lowest BCUT2D eigenvalue weighted by atomic mass is 10.1. The Labute approximate surface area is 175 Å². The van der Waals surface area contributed by atoms with Crippen LogP contribution < -0.4 is 14.8 Å². The number of anilines is 2. The molecule has 30 heavy (non-hydrogen) atoms. The highest BCUT2D eigenvalue weighted by Crippen LogP contribution is 2.38. The zero-order chi connectivity index (χ0) is 20.5. The minimum absolute atomic E-state index is 0.00822. The maximum absolute atomic E-state index is 14.4. The molecule has 3 heterocycles. The molecule has 0 amide bonds. The molecule has 3 aromatic rings. The van der Waals surface area contributed by atoms with Crippen molar-refractivity contribution in [2.24, 2.45) is 0 Å². The van der Waals surface area contributed by atoms with Crippen LogP contribution in [-0.4, -0.2) is 47.2 Å². The number of fused-ring (bicyclic) bond motifs is 2. The topological polar surface area (TPSA) is 59.5 Å². The fourth-order valence-corrected chi connectivity index (χ4v) is 4.16. The summed E-state index contributed by atoms with van der Waals surface area (Å²) in [5.74, 6) is 1.61. The fourth-order valence-electron chi connectivity index (χ4n) is 4.16. The molecule has 1 unspecified atom stereocenters. The number of piperidine rings is 1. The molecule has 0 aliphatic carbocycles. The van der Waals surface area contributed by atoms with Crippen LogP contribution in [-0.2, 0) is 0 Å². The van der Waals surface area contributed by atoms with E-state index in [1.54, 1.807) is 19.1 Å². The fraction of sp³-hybridized carbons (Fsp3) is 0.391. The van der Waals surface area contributed by atoms with Crippen LogP contribution in [0.3, 0.4) is 0 Å². The first-order chi connectivity index (χ1) is 14.7. The molecule has 0 radical (unpaired) electrons. The van der Waals surface area contributed by atoms with Gasteiger partial charge in [0.15, 0.2) is 11.5 Å². The van der Waals surface area contributed by atoms with Crippen molar-refractivity contribution in [3.05, 3.63) is 48.0 Å². The SMILES string of the molecule is Cc1cccc(Nc2ncnc3cc4c(cc23)OCC(CN2CCCCC2)O4)c1F. The highest BCUT2D eigenvalue weighted by atomic mass is 19.1. The second-order valence-electron chi connectivity index (χ2n) is 8.01. The standard InChI is InChI=1S/C23H25FN4O2/c1-15-6-5-7-18(22(15)24)27-23-17-10-20-21(11-19(17)25-14-26-23)30-16(13-29-20)12-28-8-3-2-4-9-28/h5-7,10-11,14,16H,2-4,8-9,12-13H2,1H3,(H,25,26,27). The normalized spacial score (nSPS) is 19.1. The second-order valence-corrected chi connectivity index (χ2v) is 8.01.